The minimum atomic E-state index is 1.23. The summed E-state index contributed by atoms with van der Waals surface area (Å²) >= 11 is 0. The van der Waals surface area contributed by atoms with Crippen molar-refractivity contribution in [3.8, 4) is 0 Å². The Labute approximate surface area is 101 Å². The highest BCUT2D eigenvalue weighted by Gasteiger charge is 2.18. The predicted molar refractivity (Wildman–Crippen MR) is 73.9 cm³/mol. The Kier molecular flexibility index (Phi) is 4.18. The van der Waals surface area contributed by atoms with E-state index in [2.05, 4.69) is 32.1 Å². The van der Waals surface area contributed by atoms with Crippen LogP contribution in [0.15, 0.2) is 28.6 Å². The van der Waals surface area contributed by atoms with Gasteiger partial charge in [-0.25, -0.2) is 0 Å². The van der Waals surface area contributed by atoms with Gasteiger partial charge in [0.25, 0.3) is 0 Å². The van der Waals surface area contributed by atoms with Gasteiger partial charge in [0.05, 0.1) is 0 Å². The van der Waals surface area contributed by atoms with Gasteiger partial charge in [-0.1, -0.05) is 41.0 Å². The average Bonchev–Trinajstić information content (AvgIpc) is 2.83. The third-order valence-electron chi connectivity index (χ3n) is 3.11. The monoisotopic (exact) mass is 231 g/mol. The molecule has 0 saturated heterocycles. The van der Waals surface area contributed by atoms with Gasteiger partial charge in [0.1, 0.15) is 0 Å². The summed E-state index contributed by atoms with van der Waals surface area (Å²) in [5.41, 5.74) is 2.96. The minimum absolute atomic E-state index is 1.23. The second-order valence-corrected chi connectivity index (χ2v) is 5.75. The second-order valence-electron chi connectivity index (χ2n) is 4.51. The standard InChI is InChI=1S/C15H20P/c1-3-5-7-12-9-10-15-14(12)11-13(16-15)8-6-4-2/h9-10H,3-8H2,1-2H3. The van der Waals surface area contributed by atoms with Crippen molar-refractivity contribution in [3.05, 3.63) is 34.7 Å². The van der Waals surface area contributed by atoms with E-state index in [1.165, 1.54) is 68.5 Å². The second kappa shape index (κ2) is 5.64. The van der Waals surface area contributed by atoms with Gasteiger partial charge >= 0.3 is 0 Å². The van der Waals surface area contributed by atoms with Gasteiger partial charge in [0, 0.05) is 5.29 Å². The van der Waals surface area contributed by atoms with E-state index in [0.717, 1.165) is 0 Å². The van der Waals surface area contributed by atoms with E-state index < -0.39 is 0 Å². The van der Waals surface area contributed by atoms with Crippen LogP contribution >= 0.6 is 8.20 Å². The minimum Gasteiger partial charge on any atom is -0.0654 e. The molecular formula is C15H20P. The smallest absolute Gasteiger partial charge is 0.0102 e. The average molecular weight is 231 g/mol. The first-order valence-electron chi connectivity index (χ1n) is 6.48. The Hall–Kier alpha value is -0.610. The lowest BCUT2D eigenvalue weighted by Crippen LogP contribution is -1.88. The fraction of sp³-hybridized carbons (Fsp3) is 0.533. The largest absolute Gasteiger partial charge is 0.0654 e. The zero-order chi connectivity index (χ0) is 11.4. The van der Waals surface area contributed by atoms with Crippen molar-refractivity contribution >= 4 is 13.5 Å². The number of hydrogen-bond acceptors (Lipinski definition) is 0. The Morgan fingerprint density at radius 1 is 1.06 bits per heavy atom. The summed E-state index contributed by atoms with van der Waals surface area (Å²) in [4.78, 5) is 0. The van der Waals surface area contributed by atoms with Crippen molar-refractivity contribution in [2.75, 3.05) is 0 Å². The van der Waals surface area contributed by atoms with E-state index in [4.69, 9.17) is 0 Å². The molecule has 1 heterocycles. The maximum Gasteiger partial charge on any atom is 0.0102 e. The van der Waals surface area contributed by atoms with Gasteiger partial charge in [-0.2, -0.15) is 0 Å². The normalized spacial score (nSPS) is 18.9. The van der Waals surface area contributed by atoms with Gasteiger partial charge < -0.3 is 0 Å². The molecule has 0 aromatic heterocycles. The Morgan fingerprint density at radius 2 is 1.81 bits per heavy atom. The quantitative estimate of drug-likeness (QED) is 0.561. The Bertz CT molecular complexity index is 380. The summed E-state index contributed by atoms with van der Waals surface area (Å²) in [5, 5.41) is 3.00. The highest BCUT2D eigenvalue weighted by Crippen LogP contribution is 2.37. The molecule has 85 valence electrons. The fourth-order valence-corrected chi connectivity index (χ4v) is 3.29. The number of allylic oxidation sites excluding steroid dienone is 6. The summed E-state index contributed by atoms with van der Waals surface area (Å²) in [6.07, 6.45) is 15.9. The number of hydrogen-bond donors (Lipinski definition) is 0. The lowest BCUT2D eigenvalue weighted by molar-refractivity contribution is 0.796. The molecule has 16 heavy (non-hydrogen) atoms. The van der Waals surface area contributed by atoms with Crippen LogP contribution in [0.25, 0.3) is 0 Å². The molecule has 0 aromatic carbocycles. The first-order valence-corrected chi connectivity index (χ1v) is 7.37. The molecule has 0 saturated carbocycles. The zero-order valence-electron chi connectivity index (χ0n) is 10.3. The molecule has 1 heteroatoms. The van der Waals surface area contributed by atoms with Gasteiger partial charge in [-0.05, 0) is 54.3 Å². The molecule has 0 atom stereocenters. The summed E-state index contributed by atoms with van der Waals surface area (Å²) in [6, 6.07) is 0. The van der Waals surface area contributed by atoms with Crippen LogP contribution < -0.4 is 0 Å². The van der Waals surface area contributed by atoms with Crippen LogP contribution in [-0.4, -0.2) is 5.29 Å². The Morgan fingerprint density at radius 3 is 2.56 bits per heavy atom. The molecule has 0 aromatic rings. The van der Waals surface area contributed by atoms with Gasteiger partial charge in [0.15, 0.2) is 0 Å². The maximum atomic E-state index is 3.63. The first kappa shape index (κ1) is 11.9. The molecule has 1 aliphatic carbocycles. The third-order valence-corrected chi connectivity index (χ3v) is 4.33. The van der Waals surface area contributed by atoms with E-state index in [-0.39, 0.29) is 0 Å². The summed E-state index contributed by atoms with van der Waals surface area (Å²) in [7, 11) is 1.42. The molecule has 1 radical (unpaired) electrons. The van der Waals surface area contributed by atoms with Gasteiger partial charge in [0.2, 0.25) is 0 Å². The molecule has 2 rings (SSSR count). The first-order chi connectivity index (χ1) is 7.85. The van der Waals surface area contributed by atoms with Crippen LogP contribution in [0.2, 0.25) is 0 Å². The summed E-state index contributed by atoms with van der Waals surface area (Å²) < 4.78 is 0. The molecule has 0 N–H and O–H groups in total. The molecule has 2 aliphatic rings. The molecular weight excluding hydrogens is 211 g/mol. The molecule has 0 fully saturated rings. The topological polar surface area (TPSA) is 0 Å². The van der Waals surface area contributed by atoms with E-state index in [1.807, 2.05) is 0 Å². The summed E-state index contributed by atoms with van der Waals surface area (Å²) in [6.45, 7) is 4.51. The molecule has 0 spiro atoms. The number of rotatable bonds is 6. The van der Waals surface area contributed by atoms with E-state index in [9.17, 15) is 0 Å². The molecule has 0 bridgehead atoms. The van der Waals surface area contributed by atoms with E-state index in [0.29, 0.717) is 0 Å². The van der Waals surface area contributed by atoms with Crippen LogP contribution in [0.3, 0.4) is 0 Å². The molecule has 0 nitrogen and oxygen atoms in total. The highest BCUT2D eigenvalue weighted by atomic mass is 31.1. The Balaban J connectivity index is 2.05. The third kappa shape index (κ3) is 2.55. The van der Waals surface area contributed by atoms with Gasteiger partial charge in [-0.3, -0.25) is 0 Å². The van der Waals surface area contributed by atoms with Gasteiger partial charge in [-0.15, -0.1) is 0 Å². The van der Waals surface area contributed by atoms with Crippen LogP contribution in [0.1, 0.15) is 52.4 Å². The summed E-state index contributed by atoms with van der Waals surface area (Å²) in [5.74, 6) is 0. The fourth-order valence-electron chi connectivity index (χ4n) is 2.10. The van der Waals surface area contributed by atoms with Crippen molar-refractivity contribution in [1.29, 1.82) is 0 Å². The van der Waals surface area contributed by atoms with Crippen molar-refractivity contribution in [2.45, 2.75) is 52.4 Å². The van der Waals surface area contributed by atoms with E-state index >= 15 is 0 Å². The molecule has 0 amide bonds. The lowest BCUT2D eigenvalue weighted by Gasteiger charge is -2.00. The van der Waals surface area contributed by atoms with Crippen molar-refractivity contribution in [3.63, 3.8) is 0 Å². The van der Waals surface area contributed by atoms with Crippen molar-refractivity contribution in [2.24, 2.45) is 0 Å². The maximum absolute atomic E-state index is 3.63. The molecule has 1 aliphatic heterocycles. The lowest BCUT2D eigenvalue weighted by atomic mass is 10.0. The van der Waals surface area contributed by atoms with Crippen LogP contribution in [0, 0.1) is 6.08 Å². The highest BCUT2D eigenvalue weighted by molar-refractivity contribution is 7.47. The van der Waals surface area contributed by atoms with E-state index in [1.54, 1.807) is 0 Å². The zero-order valence-corrected chi connectivity index (χ0v) is 11.2. The SMILES string of the molecule is CCCCC1=[C]C2=C(CCCC)C=CC2=P1. The predicted octanol–water partition coefficient (Wildman–Crippen LogP) is 5.05. The van der Waals surface area contributed by atoms with Crippen LogP contribution in [-0.2, 0) is 0 Å². The molecule has 0 unspecified atom stereocenters. The number of unbranched alkanes of at least 4 members (excludes halogenated alkanes) is 2. The van der Waals surface area contributed by atoms with Crippen molar-refractivity contribution in [1.82, 2.24) is 0 Å². The van der Waals surface area contributed by atoms with Crippen molar-refractivity contribution < 1.29 is 0 Å². The number of fused-ring (bicyclic) bond motifs is 1. The van der Waals surface area contributed by atoms with Crippen LogP contribution in [0.4, 0.5) is 0 Å². The van der Waals surface area contributed by atoms with Crippen LogP contribution in [0.5, 0.6) is 0 Å².